The van der Waals surface area contributed by atoms with Crippen molar-refractivity contribution in [3.8, 4) is 5.75 Å². The van der Waals surface area contributed by atoms with Gasteiger partial charge >= 0.3 is 0 Å². The zero-order chi connectivity index (χ0) is 16.7. The Bertz CT molecular complexity index is 647. The van der Waals surface area contributed by atoms with E-state index >= 15 is 0 Å². The van der Waals surface area contributed by atoms with E-state index in [-0.39, 0.29) is 5.91 Å². The maximum Gasteiger partial charge on any atom is 0.255 e. The summed E-state index contributed by atoms with van der Waals surface area (Å²) in [6, 6.07) is 13.4. The van der Waals surface area contributed by atoms with E-state index in [0.717, 1.165) is 41.8 Å². The minimum absolute atomic E-state index is 0.0888. The predicted molar refractivity (Wildman–Crippen MR) is 95.4 cm³/mol. The van der Waals surface area contributed by atoms with Gasteiger partial charge in [0, 0.05) is 11.3 Å². The van der Waals surface area contributed by atoms with E-state index in [1.807, 2.05) is 37.3 Å². The lowest BCUT2D eigenvalue weighted by molar-refractivity contribution is 0.102. The number of benzene rings is 2. The molecule has 0 spiro atoms. The van der Waals surface area contributed by atoms with Gasteiger partial charge in [-0.15, -0.1) is 0 Å². The summed E-state index contributed by atoms with van der Waals surface area (Å²) in [6.45, 7) is 6.95. The molecule has 3 nitrogen and oxygen atoms in total. The van der Waals surface area contributed by atoms with E-state index in [1.54, 1.807) is 12.1 Å². The van der Waals surface area contributed by atoms with Crippen LogP contribution in [0, 0.1) is 6.92 Å². The molecule has 2 aromatic rings. The first-order chi connectivity index (χ1) is 11.2. The van der Waals surface area contributed by atoms with Crippen LogP contribution >= 0.6 is 0 Å². The molecule has 0 aromatic heterocycles. The Hall–Kier alpha value is -2.29. The lowest BCUT2D eigenvalue weighted by Gasteiger charge is -2.13. The first-order valence-corrected chi connectivity index (χ1v) is 8.28. The standard InChI is InChI=1S/C20H25NO2/c1-4-6-14-23-18-12-10-17(11-13-18)20(22)21-19-15(3)8-7-9-16(19)5-2/h7-13H,4-6,14H2,1-3H3,(H,21,22). The van der Waals surface area contributed by atoms with Crippen LogP contribution < -0.4 is 10.1 Å². The minimum Gasteiger partial charge on any atom is -0.494 e. The number of amides is 1. The Balaban J connectivity index is 2.06. The van der Waals surface area contributed by atoms with Gasteiger partial charge in [-0.1, -0.05) is 38.5 Å². The molecule has 122 valence electrons. The molecule has 0 saturated heterocycles. The summed E-state index contributed by atoms with van der Waals surface area (Å²) in [7, 11) is 0. The topological polar surface area (TPSA) is 38.3 Å². The van der Waals surface area contributed by atoms with Crippen molar-refractivity contribution in [3.05, 3.63) is 59.2 Å². The van der Waals surface area contributed by atoms with Crippen molar-refractivity contribution in [2.45, 2.75) is 40.0 Å². The zero-order valence-electron chi connectivity index (χ0n) is 14.2. The number of hydrogen-bond donors (Lipinski definition) is 1. The molecule has 0 aliphatic rings. The lowest BCUT2D eigenvalue weighted by atomic mass is 10.1. The molecule has 0 atom stereocenters. The van der Waals surface area contributed by atoms with Crippen LogP contribution in [0.25, 0.3) is 0 Å². The van der Waals surface area contributed by atoms with Crippen molar-refractivity contribution < 1.29 is 9.53 Å². The molecular formula is C20H25NO2. The number of nitrogens with one attached hydrogen (secondary N) is 1. The normalized spacial score (nSPS) is 10.4. The van der Waals surface area contributed by atoms with Gasteiger partial charge in [-0.05, 0) is 55.2 Å². The highest BCUT2D eigenvalue weighted by atomic mass is 16.5. The molecule has 0 heterocycles. The number of hydrogen-bond acceptors (Lipinski definition) is 2. The summed E-state index contributed by atoms with van der Waals surface area (Å²) in [5.74, 6) is 0.717. The van der Waals surface area contributed by atoms with Crippen LogP contribution in [0.3, 0.4) is 0 Å². The quantitative estimate of drug-likeness (QED) is 0.732. The van der Waals surface area contributed by atoms with Crippen molar-refractivity contribution in [1.82, 2.24) is 0 Å². The molecular weight excluding hydrogens is 286 g/mol. The van der Waals surface area contributed by atoms with Gasteiger partial charge in [0.05, 0.1) is 6.61 Å². The van der Waals surface area contributed by atoms with Gasteiger partial charge in [0.2, 0.25) is 0 Å². The van der Waals surface area contributed by atoms with E-state index < -0.39 is 0 Å². The van der Waals surface area contributed by atoms with Crippen molar-refractivity contribution in [2.24, 2.45) is 0 Å². The Morgan fingerprint density at radius 1 is 1.09 bits per heavy atom. The monoisotopic (exact) mass is 311 g/mol. The zero-order valence-corrected chi connectivity index (χ0v) is 14.2. The van der Waals surface area contributed by atoms with Crippen molar-refractivity contribution in [2.75, 3.05) is 11.9 Å². The highest BCUT2D eigenvalue weighted by molar-refractivity contribution is 6.05. The van der Waals surface area contributed by atoms with E-state index in [0.29, 0.717) is 12.2 Å². The number of anilines is 1. The fourth-order valence-electron chi connectivity index (χ4n) is 2.42. The maximum absolute atomic E-state index is 12.5. The lowest BCUT2D eigenvalue weighted by Crippen LogP contribution is -2.14. The van der Waals surface area contributed by atoms with Gasteiger partial charge < -0.3 is 10.1 Å². The van der Waals surface area contributed by atoms with Gasteiger partial charge in [0.15, 0.2) is 0 Å². The molecule has 3 heteroatoms. The van der Waals surface area contributed by atoms with Gasteiger partial charge in [-0.2, -0.15) is 0 Å². The smallest absolute Gasteiger partial charge is 0.255 e. The second-order valence-electron chi connectivity index (χ2n) is 5.64. The molecule has 0 bridgehead atoms. The van der Waals surface area contributed by atoms with E-state index in [1.165, 1.54) is 0 Å². The maximum atomic E-state index is 12.5. The van der Waals surface area contributed by atoms with E-state index in [2.05, 4.69) is 19.2 Å². The summed E-state index contributed by atoms with van der Waals surface area (Å²) in [6.07, 6.45) is 3.04. The summed E-state index contributed by atoms with van der Waals surface area (Å²) in [5.41, 5.74) is 3.79. The molecule has 0 radical (unpaired) electrons. The third-order valence-electron chi connectivity index (χ3n) is 3.86. The van der Waals surface area contributed by atoms with Crippen molar-refractivity contribution in [1.29, 1.82) is 0 Å². The largest absolute Gasteiger partial charge is 0.494 e. The van der Waals surface area contributed by atoms with Crippen molar-refractivity contribution in [3.63, 3.8) is 0 Å². The van der Waals surface area contributed by atoms with Crippen LogP contribution in [0.4, 0.5) is 5.69 Å². The number of carbonyl (C=O) groups is 1. The first-order valence-electron chi connectivity index (χ1n) is 8.28. The number of rotatable bonds is 7. The number of ether oxygens (including phenoxy) is 1. The fraction of sp³-hybridized carbons (Fsp3) is 0.350. The molecule has 0 aliphatic heterocycles. The fourth-order valence-corrected chi connectivity index (χ4v) is 2.42. The summed E-state index contributed by atoms with van der Waals surface area (Å²) < 4.78 is 5.62. The molecule has 0 saturated carbocycles. The molecule has 1 N–H and O–H groups in total. The third-order valence-corrected chi connectivity index (χ3v) is 3.86. The average Bonchev–Trinajstić information content (AvgIpc) is 2.57. The average molecular weight is 311 g/mol. The molecule has 2 rings (SSSR count). The Kier molecular flexibility index (Phi) is 6.21. The van der Waals surface area contributed by atoms with Crippen LogP contribution in [0.1, 0.15) is 48.2 Å². The second kappa shape index (κ2) is 8.37. The Morgan fingerprint density at radius 2 is 1.83 bits per heavy atom. The first kappa shape index (κ1) is 17.1. The van der Waals surface area contributed by atoms with Crippen molar-refractivity contribution >= 4 is 11.6 Å². The third kappa shape index (κ3) is 4.59. The Morgan fingerprint density at radius 3 is 2.48 bits per heavy atom. The predicted octanol–water partition coefficient (Wildman–Crippen LogP) is 4.99. The van der Waals surface area contributed by atoms with Crippen LogP contribution in [0.5, 0.6) is 5.75 Å². The highest BCUT2D eigenvalue weighted by Gasteiger charge is 2.10. The van der Waals surface area contributed by atoms with Gasteiger partial charge in [-0.25, -0.2) is 0 Å². The van der Waals surface area contributed by atoms with Gasteiger partial charge in [0.1, 0.15) is 5.75 Å². The van der Waals surface area contributed by atoms with Gasteiger partial charge in [-0.3, -0.25) is 4.79 Å². The van der Waals surface area contributed by atoms with E-state index in [9.17, 15) is 4.79 Å². The number of carbonyl (C=O) groups excluding carboxylic acids is 1. The molecule has 0 unspecified atom stereocenters. The number of unbranched alkanes of at least 4 members (excludes halogenated alkanes) is 1. The highest BCUT2D eigenvalue weighted by Crippen LogP contribution is 2.22. The molecule has 1 amide bonds. The van der Waals surface area contributed by atoms with Crippen LogP contribution in [0.15, 0.2) is 42.5 Å². The molecule has 23 heavy (non-hydrogen) atoms. The van der Waals surface area contributed by atoms with E-state index in [4.69, 9.17) is 4.74 Å². The minimum atomic E-state index is -0.0888. The van der Waals surface area contributed by atoms with Crippen LogP contribution in [-0.2, 0) is 6.42 Å². The Labute approximate surface area is 138 Å². The summed E-state index contributed by atoms with van der Waals surface area (Å²) >= 11 is 0. The second-order valence-corrected chi connectivity index (χ2v) is 5.64. The number of aryl methyl sites for hydroxylation is 2. The SMILES string of the molecule is CCCCOc1ccc(C(=O)Nc2c(C)cccc2CC)cc1. The summed E-state index contributed by atoms with van der Waals surface area (Å²) in [4.78, 5) is 12.5. The molecule has 0 aliphatic carbocycles. The molecule has 2 aromatic carbocycles. The van der Waals surface area contributed by atoms with Crippen LogP contribution in [0.2, 0.25) is 0 Å². The number of para-hydroxylation sites is 1. The molecule has 0 fully saturated rings. The van der Waals surface area contributed by atoms with Gasteiger partial charge in [0.25, 0.3) is 5.91 Å². The van der Waals surface area contributed by atoms with Crippen LogP contribution in [-0.4, -0.2) is 12.5 Å². The summed E-state index contributed by atoms with van der Waals surface area (Å²) in [5, 5.41) is 3.04.